The van der Waals surface area contributed by atoms with Gasteiger partial charge in [-0.05, 0) is 24.3 Å². The molecule has 28 heavy (non-hydrogen) atoms. The number of rotatable bonds is 7. The van der Waals surface area contributed by atoms with E-state index in [0.717, 1.165) is 4.31 Å². The molecule has 3 rings (SSSR count). The molecule has 2 aromatic heterocycles. The van der Waals surface area contributed by atoms with E-state index in [1.165, 1.54) is 44.0 Å². The van der Waals surface area contributed by atoms with Gasteiger partial charge in [-0.2, -0.15) is 0 Å². The molecule has 0 saturated heterocycles. The van der Waals surface area contributed by atoms with E-state index in [4.69, 9.17) is 21.1 Å². The van der Waals surface area contributed by atoms with Crippen LogP contribution in [0.25, 0.3) is 0 Å². The highest BCUT2D eigenvalue weighted by atomic mass is 35.5. The Labute approximate surface area is 167 Å². The molecule has 2 heterocycles. The monoisotopic (exact) mass is 420 g/mol. The molecule has 10 heteroatoms. The van der Waals surface area contributed by atoms with Gasteiger partial charge in [0.1, 0.15) is 33.7 Å². The Morgan fingerprint density at radius 2 is 1.89 bits per heavy atom. The third-order valence-electron chi connectivity index (χ3n) is 3.92. The van der Waals surface area contributed by atoms with E-state index in [-0.39, 0.29) is 22.4 Å². The summed E-state index contributed by atoms with van der Waals surface area (Å²) in [4.78, 5) is 11.8. The molecule has 3 aromatic rings. The SMILES string of the molecule is COc1ccc(CN(c2ccncn2)S(=O)(=O)c2ccc(Cl)nc2)c(OC)c1. The molecule has 0 atom stereocenters. The van der Waals surface area contributed by atoms with Gasteiger partial charge in [-0.25, -0.2) is 27.7 Å². The molecule has 1 aromatic carbocycles. The highest BCUT2D eigenvalue weighted by Crippen LogP contribution is 2.30. The summed E-state index contributed by atoms with van der Waals surface area (Å²) >= 11 is 5.79. The van der Waals surface area contributed by atoms with E-state index in [0.29, 0.717) is 17.1 Å². The number of hydrogen-bond acceptors (Lipinski definition) is 7. The second-order valence-electron chi connectivity index (χ2n) is 5.57. The molecule has 0 bridgehead atoms. The van der Waals surface area contributed by atoms with Crippen LogP contribution in [0.3, 0.4) is 0 Å². The molecule has 0 aliphatic rings. The van der Waals surface area contributed by atoms with Crippen molar-refractivity contribution in [3.63, 3.8) is 0 Å². The van der Waals surface area contributed by atoms with Gasteiger partial charge in [0.2, 0.25) is 0 Å². The van der Waals surface area contributed by atoms with Gasteiger partial charge in [-0.1, -0.05) is 11.6 Å². The standard InChI is InChI=1S/C18H17ClN4O4S/c1-26-14-4-3-13(16(9-14)27-2)11-23(18-7-8-20-12-22-18)28(24,25)15-5-6-17(19)21-10-15/h3-10,12H,11H2,1-2H3. The average molecular weight is 421 g/mol. The quantitative estimate of drug-likeness (QED) is 0.542. The summed E-state index contributed by atoms with van der Waals surface area (Å²) in [6.07, 6.45) is 3.95. The lowest BCUT2D eigenvalue weighted by Gasteiger charge is -2.24. The van der Waals surface area contributed by atoms with Crippen molar-refractivity contribution in [3.8, 4) is 11.5 Å². The average Bonchev–Trinajstić information content (AvgIpc) is 2.72. The predicted octanol–water partition coefficient (Wildman–Crippen LogP) is 2.94. The van der Waals surface area contributed by atoms with Crippen molar-refractivity contribution < 1.29 is 17.9 Å². The number of aromatic nitrogens is 3. The lowest BCUT2D eigenvalue weighted by atomic mass is 10.2. The van der Waals surface area contributed by atoms with Crippen molar-refractivity contribution >= 4 is 27.4 Å². The molecule has 0 N–H and O–H groups in total. The van der Waals surface area contributed by atoms with Crippen LogP contribution in [0.5, 0.6) is 11.5 Å². The fourth-order valence-corrected chi connectivity index (χ4v) is 3.96. The summed E-state index contributed by atoms with van der Waals surface area (Å²) in [7, 11) is -0.928. The molecule has 0 radical (unpaired) electrons. The van der Waals surface area contributed by atoms with Crippen LogP contribution in [-0.4, -0.2) is 37.6 Å². The normalized spacial score (nSPS) is 11.1. The fourth-order valence-electron chi connectivity index (χ4n) is 2.50. The van der Waals surface area contributed by atoms with E-state index < -0.39 is 10.0 Å². The number of ether oxygens (including phenoxy) is 2. The number of benzene rings is 1. The van der Waals surface area contributed by atoms with Crippen LogP contribution in [0.4, 0.5) is 5.82 Å². The number of sulfonamides is 1. The van der Waals surface area contributed by atoms with Crippen molar-refractivity contribution in [2.45, 2.75) is 11.4 Å². The molecule has 0 spiro atoms. The van der Waals surface area contributed by atoms with Gasteiger partial charge in [0.05, 0.1) is 20.8 Å². The zero-order valence-electron chi connectivity index (χ0n) is 15.1. The first-order valence-corrected chi connectivity index (χ1v) is 9.88. The molecule has 0 aliphatic heterocycles. The second kappa shape index (κ2) is 8.41. The van der Waals surface area contributed by atoms with Gasteiger partial charge >= 0.3 is 0 Å². The van der Waals surface area contributed by atoms with Crippen molar-refractivity contribution in [2.75, 3.05) is 18.5 Å². The van der Waals surface area contributed by atoms with Crippen LogP contribution in [0, 0.1) is 0 Å². The summed E-state index contributed by atoms with van der Waals surface area (Å²) in [5.41, 5.74) is 0.632. The third-order valence-corrected chi connectivity index (χ3v) is 5.88. The van der Waals surface area contributed by atoms with E-state index in [9.17, 15) is 8.42 Å². The number of pyridine rings is 1. The lowest BCUT2D eigenvalue weighted by Crippen LogP contribution is -2.31. The number of hydrogen-bond donors (Lipinski definition) is 0. The van der Waals surface area contributed by atoms with E-state index >= 15 is 0 Å². The van der Waals surface area contributed by atoms with Crippen LogP contribution in [0.1, 0.15) is 5.56 Å². The summed E-state index contributed by atoms with van der Waals surface area (Å²) in [6, 6.07) is 9.47. The Kier molecular flexibility index (Phi) is 5.96. The number of anilines is 1. The van der Waals surface area contributed by atoms with Crippen LogP contribution in [-0.2, 0) is 16.6 Å². The van der Waals surface area contributed by atoms with Gasteiger partial charge in [0, 0.05) is 30.1 Å². The third kappa shape index (κ3) is 4.15. The van der Waals surface area contributed by atoms with Crippen molar-refractivity contribution in [1.82, 2.24) is 15.0 Å². The minimum absolute atomic E-state index is 0.0111. The highest BCUT2D eigenvalue weighted by molar-refractivity contribution is 7.92. The van der Waals surface area contributed by atoms with Crippen molar-refractivity contribution in [1.29, 1.82) is 0 Å². The zero-order valence-corrected chi connectivity index (χ0v) is 16.7. The maximum Gasteiger partial charge on any atom is 0.267 e. The van der Waals surface area contributed by atoms with Crippen LogP contribution in [0.15, 0.2) is 60.0 Å². The van der Waals surface area contributed by atoms with Gasteiger partial charge < -0.3 is 9.47 Å². The molecular weight excluding hydrogens is 404 g/mol. The first-order chi connectivity index (χ1) is 13.5. The van der Waals surface area contributed by atoms with Gasteiger partial charge in [-0.15, -0.1) is 0 Å². The topological polar surface area (TPSA) is 94.5 Å². The van der Waals surface area contributed by atoms with E-state index in [1.54, 1.807) is 25.3 Å². The van der Waals surface area contributed by atoms with Gasteiger partial charge in [-0.3, -0.25) is 0 Å². The lowest BCUT2D eigenvalue weighted by molar-refractivity contribution is 0.391. The molecule has 0 unspecified atom stereocenters. The van der Waals surface area contributed by atoms with Crippen LogP contribution in [0.2, 0.25) is 5.15 Å². The Hall–Kier alpha value is -2.91. The number of methoxy groups -OCH3 is 2. The Bertz CT molecular complexity index is 1050. The molecule has 146 valence electrons. The van der Waals surface area contributed by atoms with Gasteiger partial charge in [0.15, 0.2) is 0 Å². The molecule has 0 aliphatic carbocycles. The summed E-state index contributed by atoms with van der Waals surface area (Å²) in [6.45, 7) is -0.0187. The number of nitrogens with zero attached hydrogens (tertiary/aromatic N) is 4. The number of halogens is 1. The maximum atomic E-state index is 13.3. The highest BCUT2D eigenvalue weighted by Gasteiger charge is 2.27. The molecule has 8 nitrogen and oxygen atoms in total. The largest absolute Gasteiger partial charge is 0.497 e. The zero-order chi connectivity index (χ0) is 20.1. The smallest absolute Gasteiger partial charge is 0.267 e. The molecule has 0 fully saturated rings. The fraction of sp³-hybridized carbons (Fsp3) is 0.167. The Morgan fingerprint density at radius 1 is 1.07 bits per heavy atom. The summed E-state index contributed by atoms with van der Waals surface area (Å²) in [5.74, 6) is 1.30. The van der Waals surface area contributed by atoms with Crippen LogP contribution < -0.4 is 13.8 Å². The molecule has 0 amide bonds. The minimum Gasteiger partial charge on any atom is -0.497 e. The van der Waals surface area contributed by atoms with Crippen molar-refractivity contribution in [3.05, 3.63) is 65.8 Å². The van der Waals surface area contributed by atoms with Gasteiger partial charge in [0.25, 0.3) is 10.0 Å². The first-order valence-electron chi connectivity index (χ1n) is 8.07. The molecular formula is C18H17ClN4O4S. The van der Waals surface area contributed by atoms with E-state index in [2.05, 4.69) is 15.0 Å². The second-order valence-corrected chi connectivity index (χ2v) is 7.82. The Balaban J connectivity index is 2.07. The minimum atomic E-state index is -3.97. The maximum absolute atomic E-state index is 13.3. The predicted molar refractivity (Wildman–Crippen MR) is 104 cm³/mol. The summed E-state index contributed by atoms with van der Waals surface area (Å²) < 4.78 is 38.3. The van der Waals surface area contributed by atoms with Crippen LogP contribution >= 0.6 is 11.6 Å². The summed E-state index contributed by atoms with van der Waals surface area (Å²) in [5, 5.41) is 0.198. The first kappa shape index (κ1) is 19.8. The Morgan fingerprint density at radius 3 is 2.50 bits per heavy atom. The molecule has 0 saturated carbocycles. The van der Waals surface area contributed by atoms with Crippen molar-refractivity contribution in [2.24, 2.45) is 0 Å². The van der Waals surface area contributed by atoms with E-state index in [1.807, 2.05) is 0 Å².